The van der Waals surface area contributed by atoms with Crippen LogP contribution in [0.4, 0.5) is 0 Å². The van der Waals surface area contributed by atoms with Gasteiger partial charge in [0.2, 0.25) is 0 Å². The van der Waals surface area contributed by atoms with E-state index in [4.69, 9.17) is 11.1 Å². The largest absolute Gasteiger partial charge is 0.497 e. The molecule has 0 aromatic heterocycles. The molecule has 0 heterocycles. The highest BCUT2D eigenvalue weighted by molar-refractivity contribution is 7.90. The van der Waals surface area contributed by atoms with E-state index in [1.165, 1.54) is 12.1 Å². The van der Waals surface area contributed by atoms with Crippen LogP contribution < -0.4 is 5.73 Å². The summed E-state index contributed by atoms with van der Waals surface area (Å²) in [7, 11) is -4.24. The first-order valence-corrected chi connectivity index (χ1v) is 9.46. The van der Waals surface area contributed by atoms with E-state index in [0.717, 1.165) is 16.3 Å². The molecule has 27 heavy (non-hydrogen) atoms. The number of amidine groups is 1. The Balaban J connectivity index is 2.15. The van der Waals surface area contributed by atoms with Crippen LogP contribution in [-0.4, -0.2) is 29.3 Å². The number of aryl methyl sites for hydroxylation is 1. The third-order valence-corrected chi connectivity index (χ3v) is 5.79. The van der Waals surface area contributed by atoms with Gasteiger partial charge in [0.15, 0.2) is 0 Å². The van der Waals surface area contributed by atoms with Crippen LogP contribution in [0.5, 0.6) is 0 Å². The number of hydrogen-bond acceptors (Lipinski definition) is 3. The zero-order valence-corrected chi connectivity index (χ0v) is 15.3. The summed E-state index contributed by atoms with van der Waals surface area (Å²) in [5.41, 5.74) is 16.3. The van der Waals surface area contributed by atoms with Gasteiger partial charge in [-0.15, -0.1) is 0 Å². The molecule has 136 valence electrons. The first-order chi connectivity index (χ1) is 12.8. The molecule has 8 heteroatoms. The maximum absolute atomic E-state index is 13.0. The minimum Gasteiger partial charge on any atom is -0.497 e. The third-order valence-electron chi connectivity index (χ3n) is 4.07. The molecule has 0 spiro atoms. The lowest BCUT2D eigenvalue weighted by molar-refractivity contribution is -0.0124. The summed E-state index contributed by atoms with van der Waals surface area (Å²) in [4.78, 5) is 3.07. The number of rotatable bonds is 3. The van der Waals surface area contributed by atoms with Crippen LogP contribution in [0, 0.1) is 12.3 Å². The highest BCUT2D eigenvalue weighted by Gasteiger charge is 2.40. The van der Waals surface area contributed by atoms with Gasteiger partial charge in [0, 0.05) is 0 Å². The number of fused-ring (bicyclic) bond motifs is 1. The van der Waals surface area contributed by atoms with Crippen molar-refractivity contribution < 1.29 is 13.2 Å². The molecule has 0 saturated heterocycles. The maximum atomic E-state index is 13.0. The topological polar surface area (TPSA) is 124 Å². The molecule has 0 aliphatic rings. The summed E-state index contributed by atoms with van der Waals surface area (Å²) in [5.74, 6) is -1.13. The van der Waals surface area contributed by atoms with E-state index in [1.54, 1.807) is 30.3 Å². The van der Waals surface area contributed by atoms with Crippen molar-refractivity contribution in [2.75, 3.05) is 0 Å². The van der Waals surface area contributed by atoms with Crippen molar-refractivity contribution in [3.05, 3.63) is 83.4 Å². The molecule has 0 fully saturated rings. The average Bonchev–Trinajstić information content (AvgIpc) is 2.65. The Labute approximate surface area is 156 Å². The molecule has 3 aromatic rings. The molecule has 0 unspecified atom stereocenters. The van der Waals surface area contributed by atoms with Gasteiger partial charge in [-0.3, -0.25) is 0 Å². The Hall–Kier alpha value is -3.48. The highest BCUT2D eigenvalue weighted by atomic mass is 32.2. The van der Waals surface area contributed by atoms with Crippen molar-refractivity contribution in [3.8, 4) is 0 Å². The van der Waals surface area contributed by atoms with Crippen LogP contribution in [0.15, 0.2) is 71.6 Å². The lowest BCUT2D eigenvalue weighted by Crippen LogP contribution is -2.46. The fourth-order valence-electron chi connectivity index (χ4n) is 2.72. The number of nitrogens with one attached hydrogen (secondary N) is 1. The molecule has 3 N–H and O–H groups in total. The fraction of sp³-hybridized carbons (Fsp3) is 0.0526. The van der Waals surface area contributed by atoms with Crippen molar-refractivity contribution in [2.45, 2.75) is 11.8 Å². The standard InChI is InChI=1S/C19H17N5O2S/c1-13-6-10-17(11-7-13)27(25,26)24(19(20)21)18(23-22)16-9-8-14-4-2-3-5-15(14)12-16/h2-12H,1H3,(H3,20,21). The summed E-state index contributed by atoms with van der Waals surface area (Å²) in [6.45, 7) is 1.83. The Morgan fingerprint density at radius 1 is 1.04 bits per heavy atom. The molecule has 7 nitrogen and oxygen atoms in total. The minimum atomic E-state index is -4.24. The van der Waals surface area contributed by atoms with Crippen molar-refractivity contribution >= 4 is 32.6 Å². The van der Waals surface area contributed by atoms with Crippen LogP contribution >= 0.6 is 0 Å². The van der Waals surface area contributed by atoms with Crippen LogP contribution in [-0.2, 0) is 10.0 Å². The summed E-state index contributed by atoms with van der Waals surface area (Å²) >= 11 is 0. The predicted octanol–water partition coefficient (Wildman–Crippen LogP) is 2.71. The first-order valence-electron chi connectivity index (χ1n) is 8.02. The summed E-state index contributed by atoms with van der Waals surface area (Å²) < 4.78 is 26.6. The van der Waals surface area contributed by atoms with E-state index in [-0.39, 0.29) is 10.7 Å². The highest BCUT2D eigenvalue weighted by Crippen LogP contribution is 2.21. The van der Waals surface area contributed by atoms with E-state index in [9.17, 15) is 13.9 Å². The van der Waals surface area contributed by atoms with E-state index >= 15 is 0 Å². The van der Waals surface area contributed by atoms with Crippen molar-refractivity contribution in [1.29, 1.82) is 5.41 Å². The first kappa shape index (κ1) is 18.3. The van der Waals surface area contributed by atoms with Gasteiger partial charge >= 0.3 is 21.8 Å². The molecule has 3 rings (SSSR count). The third kappa shape index (κ3) is 3.44. The van der Waals surface area contributed by atoms with Gasteiger partial charge in [-0.2, -0.15) is 8.42 Å². The zero-order chi connectivity index (χ0) is 19.6. The molecule has 0 saturated carbocycles. The lowest BCUT2D eigenvalue weighted by Gasteiger charge is -2.15. The summed E-state index contributed by atoms with van der Waals surface area (Å²) in [6.07, 6.45) is 0. The monoisotopic (exact) mass is 379 g/mol. The van der Waals surface area contributed by atoms with Crippen molar-refractivity contribution in [1.82, 2.24) is 4.31 Å². The number of hydrogen-bond donors (Lipinski definition) is 2. The Bertz CT molecular complexity index is 1180. The van der Waals surface area contributed by atoms with Gasteiger partial charge in [-0.05, 0) is 42.0 Å². The lowest BCUT2D eigenvalue weighted by atomic mass is 10.1. The molecule has 0 aliphatic heterocycles. The minimum absolute atomic E-state index is 0.0646. The van der Waals surface area contributed by atoms with E-state index in [1.807, 2.05) is 31.2 Å². The smallest absolute Gasteiger partial charge is 0.385 e. The Morgan fingerprint density at radius 2 is 1.67 bits per heavy atom. The second-order valence-electron chi connectivity index (χ2n) is 5.95. The van der Waals surface area contributed by atoms with Crippen LogP contribution in [0.25, 0.3) is 16.3 Å². The average molecular weight is 379 g/mol. The number of benzene rings is 3. The van der Waals surface area contributed by atoms with Gasteiger partial charge in [0.1, 0.15) is 4.90 Å². The molecule has 0 amide bonds. The number of nitrogens with two attached hydrogens (primary N) is 1. The number of nitrogens with zero attached hydrogens (tertiary/aromatic N) is 3. The predicted molar refractivity (Wildman–Crippen MR) is 104 cm³/mol. The van der Waals surface area contributed by atoms with Crippen molar-refractivity contribution in [2.24, 2.45) is 5.73 Å². The quantitative estimate of drug-likeness (QED) is 0.315. The SMILES string of the molecule is Cc1ccc(S(=O)(=O)N(C(=N)N)C(=[N+]=[N-])c2ccc3ccccc3c2)cc1. The van der Waals surface area contributed by atoms with Gasteiger partial charge in [-0.1, -0.05) is 52.3 Å². The molecule has 3 aromatic carbocycles. The van der Waals surface area contributed by atoms with Crippen LogP contribution in [0.2, 0.25) is 0 Å². The van der Waals surface area contributed by atoms with Gasteiger partial charge < -0.3 is 16.1 Å². The maximum Gasteiger partial charge on any atom is 0.385 e. The zero-order valence-electron chi connectivity index (χ0n) is 14.5. The van der Waals surface area contributed by atoms with E-state index in [0.29, 0.717) is 9.87 Å². The molecular weight excluding hydrogens is 362 g/mol. The second kappa shape index (κ2) is 7.03. The van der Waals surface area contributed by atoms with Gasteiger partial charge in [0.25, 0.3) is 0 Å². The molecule has 0 bridgehead atoms. The van der Waals surface area contributed by atoms with Crippen LogP contribution in [0.3, 0.4) is 0 Å². The molecule has 0 radical (unpaired) electrons. The molecular formula is C19H17N5O2S. The summed E-state index contributed by atoms with van der Waals surface area (Å²) in [5, 5.41) is 9.54. The fourth-order valence-corrected chi connectivity index (χ4v) is 4.04. The van der Waals surface area contributed by atoms with Crippen molar-refractivity contribution in [3.63, 3.8) is 0 Å². The van der Waals surface area contributed by atoms with E-state index in [2.05, 4.69) is 4.79 Å². The molecule has 0 atom stereocenters. The normalized spacial score (nSPS) is 11.0. The van der Waals surface area contributed by atoms with Crippen LogP contribution in [0.1, 0.15) is 11.1 Å². The Kier molecular flexibility index (Phi) is 4.77. The Morgan fingerprint density at radius 3 is 2.26 bits per heavy atom. The van der Waals surface area contributed by atoms with Gasteiger partial charge in [-0.25, -0.2) is 5.41 Å². The number of sulfonamides is 1. The van der Waals surface area contributed by atoms with E-state index < -0.39 is 16.0 Å². The van der Waals surface area contributed by atoms with Gasteiger partial charge in [0.05, 0.1) is 5.56 Å². The number of guanidine groups is 1. The second-order valence-corrected chi connectivity index (χ2v) is 7.74. The summed E-state index contributed by atoms with van der Waals surface area (Å²) in [6, 6.07) is 18.6. The molecule has 0 aliphatic carbocycles.